The molecule has 22 heavy (non-hydrogen) atoms. The van der Waals surface area contributed by atoms with Gasteiger partial charge in [-0.3, -0.25) is 0 Å². The molecule has 0 atom stereocenters. The minimum absolute atomic E-state index is 0.430. The molecule has 2 aromatic carbocycles. The van der Waals surface area contributed by atoms with Crippen LogP contribution in [-0.2, 0) is 6.42 Å². The van der Waals surface area contributed by atoms with E-state index in [0.717, 1.165) is 22.1 Å². The SMILES string of the molecule is Cc1c(-c2nc(Cc3ccccc3)no2)oc2ccccc12. The molecule has 2 aromatic heterocycles. The Labute approximate surface area is 127 Å². The van der Waals surface area contributed by atoms with E-state index in [1.54, 1.807) is 0 Å². The van der Waals surface area contributed by atoms with E-state index in [0.29, 0.717) is 23.9 Å². The summed E-state index contributed by atoms with van der Waals surface area (Å²) in [6, 6.07) is 18.0. The number of hydrogen-bond donors (Lipinski definition) is 0. The Morgan fingerprint density at radius 2 is 1.73 bits per heavy atom. The topological polar surface area (TPSA) is 52.1 Å². The Morgan fingerprint density at radius 1 is 0.955 bits per heavy atom. The van der Waals surface area contributed by atoms with Gasteiger partial charge in [-0.15, -0.1) is 0 Å². The predicted molar refractivity (Wildman–Crippen MR) is 83.5 cm³/mol. The van der Waals surface area contributed by atoms with E-state index in [4.69, 9.17) is 8.94 Å². The van der Waals surface area contributed by atoms with Gasteiger partial charge >= 0.3 is 0 Å². The van der Waals surface area contributed by atoms with Crippen molar-refractivity contribution in [2.75, 3.05) is 0 Å². The summed E-state index contributed by atoms with van der Waals surface area (Å²) in [7, 11) is 0. The third-order valence-electron chi connectivity index (χ3n) is 3.71. The summed E-state index contributed by atoms with van der Waals surface area (Å²) >= 11 is 0. The maximum Gasteiger partial charge on any atom is 0.293 e. The highest BCUT2D eigenvalue weighted by atomic mass is 16.5. The number of aryl methyl sites for hydroxylation is 1. The van der Waals surface area contributed by atoms with Crippen molar-refractivity contribution in [3.05, 3.63) is 71.5 Å². The first-order valence-corrected chi connectivity index (χ1v) is 7.16. The number of hydrogen-bond acceptors (Lipinski definition) is 4. The quantitative estimate of drug-likeness (QED) is 0.562. The van der Waals surface area contributed by atoms with Gasteiger partial charge in [-0.25, -0.2) is 0 Å². The Kier molecular flexibility index (Phi) is 3.00. The Bertz CT molecular complexity index is 923. The van der Waals surface area contributed by atoms with Gasteiger partial charge in [0.2, 0.25) is 0 Å². The molecule has 4 aromatic rings. The Hall–Kier alpha value is -2.88. The molecule has 4 heteroatoms. The summed E-state index contributed by atoms with van der Waals surface area (Å²) in [5, 5.41) is 5.12. The number of fused-ring (bicyclic) bond motifs is 1. The van der Waals surface area contributed by atoms with E-state index in [9.17, 15) is 0 Å². The fourth-order valence-corrected chi connectivity index (χ4v) is 2.57. The van der Waals surface area contributed by atoms with E-state index < -0.39 is 0 Å². The number of rotatable bonds is 3. The average molecular weight is 290 g/mol. The number of nitrogens with zero attached hydrogens (tertiary/aromatic N) is 2. The smallest absolute Gasteiger partial charge is 0.293 e. The van der Waals surface area contributed by atoms with Crippen LogP contribution in [-0.4, -0.2) is 10.1 Å². The zero-order valence-electron chi connectivity index (χ0n) is 12.1. The van der Waals surface area contributed by atoms with Crippen LogP contribution in [0.15, 0.2) is 63.5 Å². The van der Waals surface area contributed by atoms with Gasteiger partial charge < -0.3 is 8.94 Å². The van der Waals surface area contributed by atoms with Crippen molar-refractivity contribution >= 4 is 11.0 Å². The highest BCUT2D eigenvalue weighted by molar-refractivity contribution is 5.86. The summed E-state index contributed by atoms with van der Waals surface area (Å²) in [5.74, 6) is 1.73. The van der Waals surface area contributed by atoms with Crippen LogP contribution in [0.5, 0.6) is 0 Å². The second-order valence-electron chi connectivity index (χ2n) is 5.23. The molecule has 4 nitrogen and oxygen atoms in total. The van der Waals surface area contributed by atoms with Crippen LogP contribution >= 0.6 is 0 Å². The van der Waals surface area contributed by atoms with Gasteiger partial charge in [0.05, 0.1) is 0 Å². The van der Waals surface area contributed by atoms with Crippen LogP contribution in [0.4, 0.5) is 0 Å². The lowest BCUT2D eigenvalue weighted by atomic mass is 10.1. The predicted octanol–water partition coefficient (Wildman–Crippen LogP) is 4.38. The van der Waals surface area contributed by atoms with E-state index >= 15 is 0 Å². The first kappa shape index (κ1) is 12.8. The van der Waals surface area contributed by atoms with Crippen molar-refractivity contribution in [3.8, 4) is 11.7 Å². The van der Waals surface area contributed by atoms with Gasteiger partial charge in [-0.05, 0) is 18.6 Å². The molecule has 4 rings (SSSR count). The molecule has 0 saturated carbocycles. The lowest BCUT2D eigenvalue weighted by Crippen LogP contribution is -1.90. The number of para-hydroxylation sites is 1. The zero-order chi connectivity index (χ0) is 14.9. The van der Waals surface area contributed by atoms with E-state index in [-0.39, 0.29) is 0 Å². The fourth-order valence-electron chi connectivity index (χ4n) is 2.57. The summed E-state index contributed by atoms with van der Waals surface area (Å²) in [6.45, 7) is 2.00. The third-order valence-corrected chi connectivity index (χ3v) is 3.71. The van der Waals surface area contributed by atoms with Crippen LogP contribution in [0.3, 0.4) is 0 Å². The number of benzene rings is 2. The van der Waals surface area contributed by atoms with Gasteiger partial charge in [0.1, 0.15) is 5.58 Å². The van der Waals surface area contributed by atoms with E-state index in [2.05, 4.69) is 10.1 Å². The lowest BCUT2D eigenvalue weighted by Gasteiger charge is -1.94. The molecule has 0 bridgehead atoms. The van der Waals surface area contributed by atoms with E-state index in [1.807, 2.05) is 61.5 Å². The van der Waals surface area contributed by atoms with Crippen molar-refractivity contribution in [3.63, 3.8) is 0 Å². The van der Waals surface area contributed by atoms with Crippen LogP contribution in [0.2, 0.25) is 0 Å². The van der Waals surface area contributed by atoms with Crippen molar-refractivity contribution in [2.45, 2.75) is 13.3 Å². The summed E-state index contributed by atoms with van der Waals surface area (Å²) in [5.41, 5.74) is 3.00. The molecule has 0 amide bonds. The molecule has 0 fully saturated rings. The maximum atomic E-state index is 5.85. The van der Waals surface area contributed by atoms with Gasteiger partial charge in [-0.1, -0.05) is 53.7 Å². The minimum atomic E-state index is 0.430. The fraction of sp³-hybridized carbons (Fsp3) is 0.111. The first-order chi connectivity index (χ1) is 10.8. The highest BCUT2D eigenvalue weighted by Gasteiger charge is 2.18. The second-order valence-corrected chi connectivity index (χ2v) is 5.23. The number of aromatic nitrogens is 2. The van der Waals surface area contributed by atoms with Gasteiger partial charge in [0, 0.05) is 17.4 Å². The van der Waals surface area contributed by atoms with Crippen molar-refractivity contribution in [1.29, 1.82) is 0 Å². The largest absolute Gasteiger partial charge is 0.451 e. The van der Waals surface area contributed by atoms with Gasteiger partial charge in [-0.2, -0.15) is 4.98 Å². The maximum absolute atomic E-state index is 5.85. The monoisotopic (exact) mass is 290 g/mol. The zero-order valence-corrected chi connectivity index (χ0v) is 12.1. The molecule has 0 N–H and O–H groups in total. The minimum Gasteiger partial charge on any atom is -0.451 e. The van der Waals surface area contributed by atoms with Gasteiger partial charge in [0.25, 0.3) is 5.89 Å². The number of furan rings is 1. The molecule has 2 heterocycles. The third kappa shape index (κ3) is 2.19. The van der Waals surface area contributed by atoms with Crippen molar-refractivity contribution < 1.29 is 8.94 Å². The highest BCUT2D eigenvalue weighted by Crippen LogP contribution is 2.31. The molecule has 0 saturated heterocycles. The van der Waals surface area contributed by atoms with Crippen LogP contribution in [0, 0.1) is 6.92 Å². The summed E-state index contributed by atoms with van der Waals surface area (Å²) < 4.78 is 11.2. The summed E-state index contributed by atoms with van der Waals surface area (Å²) in [6.07, 6.45) is 0.642. The van der Waals surface area contributed by atoms with Crippen molar-refractivity contribution in [2.24, 2.45) is 0 Å². The molecule has 0 aliphatic carbocycles. The lowest BCUT2D eigenvalue weighted by molar-refractivity contribution is 0.412. The van der Waals surface area contributed by atoms with Gasteiger partial charge in [0.15, 0.2) is 11.6 Å². The first-order valence-electron chi connectivity index (χ1n) is 7.16. The molecule has 108 valence electrons. The normalized spacial score (nSPS) is 11.1. The van der Waals surface area contributed by atoms with Crippen LogP contribution in [0.1, 0.15) is 17.0 Å². The van der Waals surface area contributed by atoms with Crippen LogP contribution in [0.25, 0.3) is 22.6 Å². The molecular weight excluding hydrogens is 276 g/mol. The second kappa shape index (κ2) is 5.15. The molecule has 0 aliphatic heterocycles. The average Bonchev–Trinajstić information content (AvgIpc) is 3.14. The molecular formula is C18H14N2O2. The molecule has 0 spiro atoms. The summed E-state index contributed by atoms with van der Waals surface area (Å²) in [4.78, 5) is 4.46. The Balaban J connectivity index is 1.69. The van der Waals surface area contributed by atoms with Crippen molar-refractivity contribution in [1.82, 2.24) is 10.1 Å². The van der Waals surface area contributed by atoms with E-state index in [1.165, 1.54) is 0 Å². The molecule has 0 aliphatic rings. The standard InChI is InChI=1S/C18H14N2O2/c1-12-14-9-5-6-10-15(14)21-17(12)18-19-16(20-22-18)11-13-7-3-2-4-8-13/h2-10H,11H2,1H3. The Morgan fingerprint density at radius 3 is 2.55 bits per heavy atom. The molecule has 0 unspecified atom stereocenters. The van der Waals surface area contributed by atoms with Crippen LogP contribution < -0.4 is 0 Å². The molecule has 0 radical (unpaired) electrons.